The van der Waals surface area contributed by atoms with Crippen LogP contribution in [0.4, 0.5) is 0 Å². The number of aliphatic hydroxyl groups excluding tert-OH is 1. The molecule has 11 heavy (non-hydrogen) atoms. The predicted octanol–water partition coefficient (Wildman–Crippen LogP) is 1.23. The van der Waals surface area contributed by atoms with E-state index in [4.69, 9.17) is 11.5 Å². The fourth-order valence-corrected chi connectivity index (χ4v) is 0.521. The zero-order valence-corrected chi connectivity index (χ0v) is 7.70. The van der Waals surface area contributed by atoms with Crippen LogP contribution in [0.2, 0.25) is 0 Å². The van der Waals surface area contributed by atoms with Crippen LogP contribution in [0, 0.1) is 12.3 Å². The minimum absolute atomic E-state index is 0. The largest absolute Gasteiger partial charge is 0.400 e. The molecular weight excluding hydrogens is 231 g/mol. The fraction of sp³-hybridized carbons (Fsp3) is 0.111. The summed E-state index contributed by atoms with van der Waals surface area (Å²) in [4.78, 5) is 0. The molecule has 0 amide bonds. The molecule has 0 saturated carbocycles. The van der Waals surface area contributed by atoms with Crippen molar-refractivity contribution < 1.29 is 25.5 Å². The number of hydrogen-bond donors (Lipinski definition) is 1. The Morgan fingerprint density at radius 2 is 1.64 bits per heavy atom. The van der Waals surface area contributed by atoms with E-state index < -0.39 is 0 Å². The van der Waals surface area contributed by atoms with Crippen LogP contribution in [0.15, 0.2) is 30.3 Å². The zero-order chi connectivity index (χ0) is 7.82. The Balaban J connectivity index is 0. The smallest absolute Gasteiger partial charge is 0.0319 e. The van der Waals surface area contributed by atoms with E-state index in [0.717, 1.165) is 12.7 Å². The molecule has 1 aromatic rings. The number of rotatable bonds is 0. The van der Waals surface area contributed by atoms with Gasteiger partial charge >= 0.3 is 0 Å². The second-order valence-electron chi connectivity index (χ2n) is 1.49. The van der Waals surface area contributed by atoms with Crippen LogP contribution in [0.1, 0.15) is 5.56 Å². The Labute approximate surface area is 81.1 Å². The van der Waals surface area contributed by atoms with Gasteiger partial charge in [-0.05, 0) is 0 Å². The van der Waals surface area contributed by atoms with E-state index in [-0.39, 0.29) is 20.4 Å². The molecule has 0 aliphatic rings. The first kappa shape index (κ1) is 13.0. The quantitative estimate of drug-likeness (QED) is 0.410. The minimum atomic E-state index is 0. The first-order chi connectivity index (χ1) is 4.93. The van der Waals surface area contributed by atoms with Crippen molar-refractivity contribution in [3.63, 3.8) is 0 Å². The maximum atomic E-state index is 7.00. The van der Waals surface area contributed by atoms with Gasteiger partial charge in [-0.2, -0.15) is 0 Å². The Hall–Kier alpha value is -0.598. The van der Waals surface area contributed by atoms with Gasteiger partial charge in [0, 0.05) is 27.5 Å². The average Bonchev–Trinajstić information content (AvgIpc) is 2.10. The van der Waals surface area contributed by atoms with Gasteiger partial charge in [0.05, 0.1) is 0 Å². The summed E-state index contributed by atoms with van der Waals surface area (Å²) in [7, 11) is 1.00. The molecule has 1 rings (SSSR count). The van der Waals surface area contributed by atoms with Crippen molar-refractivity contribution in [2.45, 2.75) is 0 Å². The molecule has 2 heteroatoms. The molecule has 0 aliphatic heterocycles. The van der Waals surface area contributed by atoms with Gasteiger partial charge in [0.2, 0.25) is 0 Å². The van der Waals surface area contributed by atoms with Crippen molar-refractivity contribution in [2.75, 3.05) is 7.11 Å². The van der Waals surface area contributed by atoms with Crippen molar-refractivity contribution in [1.29, 1.82) is 0 Å². The molecule has 0 heterocycles. The Kier molecular flexibility index (Phi) is 11.1. The van der Waals surface area contributed by atoms with E-state index in [2.05, 4.69) is 5.92 Å². The maximum absolute atomic E-state index is 7.00. The first-order valence-corrected chi connectivity index (χ1v) is 2.86. The Morgan fingerprint density at radius 1 is 1.18 bits per heavy atom. The van der Waals surface area contributed by atoms with Crippen molar-refractivity contribution in [3.8, 4) is 5.92 Å². The molecule has 62 valence electrons. The topological polar surface area (TPSA) is 20.2 Å². The van der Waals surface area contributed by atoms with Crippen molar-refractivity contribution in [2.24, 2.45) is 0 Å². The molecule has 0 aromatic heterocycles. The summed E-state index contributed by atoms with van der Waals surface area (Å²) < 4.78 is 0. The van der Waals surface area contributed by atoms with Crippen LogP contribution in [-0.4, -0.2) is 12.2 Å². The van der Waals surface area contributed by atoms with Crippen molar-refractivity contribution in [1.82, 2.24) is 0 Å². The fourth-order valence-electron chi connectivity index (χ4n) is 0.521. The van der Waals surface area contributed by atoms with E-state index in [9.17, 15) is 0 Å². The molecule has 1 nitrogen and oxygen atoms in total. The van der Waals surface area contributed by atoms with E-state index in [1.807, 2.05) is 30.3 Å². The maximum Gasteiger partial charge on any atom is 0.0319 e. The second kappa shape index (κ2) is 9.40. The van der Waals surface area contributed by atoms with E-state index in [1.165, 1.54) is 0 Å². The summed E-state index contributed by atoms with van der Waals surface area (Å²) in [6.45, 7) is 0. The SMILES string of the molecule is CO.[C-]#Cc1ccccc1.[Pd]. The van der Waals surface area contributed by atoms with Gasteiger partial charge in [-0.15, -0.1) is 17.7 Å². The summed E-state index contributed by atoms with van der Waals surface area (Å²) in [5.41, 5.74) is 0.826. The predicted molar refractivity (Wildman–Crippen MR) is 40.8 cm³/mol. The van der Waals surface area contributed by atoms with Gasteiger partial charge < -0.3 is 11.5 Å². The van der Waals surface area contributed by atoms with Gasteiger partial charge in [-0.3, -0.25) is 5.92 Å². The molecule has 0 fully saturated rings. The van der Waals surface area contributed by atoms with E-state index >= 15 is 0 Å². The summed E-state index contributed by atoms with van der Waals surface area (Å²) in [5.74, 6) is 2.28. The molecule has 1 aromatic carbocycles. The number of benzene rings is 1. The van der Waals surface area contributed by atoms with Crippen LogP contribution in [0.3, 0.4) is 0 Å². The van der Waals surface area contributed by atoms with Gasteiger partial charge in [0.15, 0.2) is 0 Å². The van der Waals surface area contributed by atoms with Crippen LogP contribution in [0.5, 0.6) is 0 Å². The molecule has 0 bridgehead atoms. The van der Waals surface area contributed by atoms with Crippen LogP contribution in [0.25, 0.3) is 0 Å². The first-order valence-electron chi connectivity index (χ1n) is 2.86. The third kappa shape index (κ3) is 5.83. The molecule has 0 aliphatic carbocycles. The third-order valence-electron chi connectivity index (χ3n) is 0.918. The van der Waals surface area contributed by atoms with Gasteiger partial charge in [0.25, 0.3) is 0 Å². The van der Waals surface area contributed by atoms with Gasteiger partial charge in [-0.1, -0.05) is 18.2 Å². The summed E-state index contributed by atoms with van der Waals surface area (Å²) >= 11 is 0. The Bertz CT molecular complexity index is 201. The summed E-state index contributed by atoms with van der Waals surface area (Å²) in [6, 6.07) is 9.37. The van der Waals surface area contributed by atoms with Crippen LogP contribution >= 0.6 is 0 Å². The van der Waals surface area contributed by atoms with Crippen molar-refractivity contribution in [3.05, 3.63) is 42.3 Å². The van der Waals surface area contributed by atoms with Crippen LogP contribution < -0.4 is 0 Å². The van der Waals surface area contributed by atoms with E-state index in [1.54, 1.807) is 0 Å². The number of aliphatic hydroxyl groups is 1. The molecule has 0 saturated heterocycles. The van der Waals surface area contributed by atoms with Gasteiger partial charge in [-0.25, -0.2) is 0 Å². The van der Waals surface area contributed by atoms with Crippen molar-refractivity contribution >= 4 is 0 Å². The monoisotopic (exact) mass is 239 g/mol. The normalized spacial score (nSPS) is 6.27. The Morgan fingerprint density at radius 3 is 1.91 bits per heavy atom. The van der Waals surface area contributed by atoms with Gasteiger partial charge in [0.1, 0.15) is 0 Å². The molecule has 1 N–H and O–H groups in total. The van der Waals surface area contributed by atoms with E-state index in [0.29, 0.717) is 0 Å². The summed E-state index contributed by atoms with van der Waals surface area (Å²) in [5, 5.41) is 7.00. The second-order valence-corrected chi connectivity index (χ2v) is 1.49. The molecule has 0 radical (unpaired) electrons. The molecule has 0 atom stereocenters. The standard InChI is InChI=1S/C8H5.CH4O.Pd/c1-2-8-6-4-3-5-7-8;1-2;/h3-7H;2H,1H3;/q-1;;. The molecular formula is C9H9OPd-. The van der Waals surface area contributed by atoms with Crippen LogP contribution in [-0.2, 0) is 20.4 Å². The third-order valence-corrected chi connectivity index (χ3v) is 0.918. The molecule has 0 spiro atoms. The average molecular weight is 240 g/mol. The molecule has 0 unspecified atom stereocenters. The number of hydrogen-bond acceptors (Lipinski definition) is 1. The minimum Gasteiger partial charge on any atom is -0.400 e. The summed E-state index contributed by atoms with van der Waals surface area (Å²) in [6.07, 6.45) is 6.69. The zero-order valence-electron chi connectivity index (χ0n) is 6.15.